The van der Waals surface area contributed by atoms with E-state index in [9.17, 15) is 9.70 Å². The van der Waals surface area contributed by atoms with Crippen molar-refractivity contribution in [2.75, 3.05) is 26.8 Å². The van der Waals surface area contributed by atoms with Crippen LogP contribution in [0.4, 0.5) is 0 Å². The molecule has 1 aliphatic heterocycles. The molecule has 0 N–H and O–H groups in total. The van der Waals surface area contributed by atoms with E-state index in [1.807, 2.05) is 25.8 Å². The fourth-order valence-corrected chi connectivity index (χ4v) is 1.53. The van der Waals surface area contributed by atoms with Gasteiger partial charge in [0.15, 0.2) is 0 Å². The summed E-state index contributed by atoms with van der Waals surface area (Å²) in [5.74, 6) is -0.414. The molecule has 0 aromatic rings. The van der Waals surface area contributed by atoms with Gasteiger partial charge in [0.05, 0.1) is 19.8 Å². The van der Waals surface area contributed by atoms with E-state index in [1.165, 1.54) is 0 Å². The lowest BCUT2D eigenvalue weighted by Gasteiger charge is -2.30. The lowest BCUT2D eigenvalue weighted by molar-refractivity contribution is -0.169. The van der Waals surface area contributed by atoms with Gasteiger partial charge in [-0.25, -0.2) is 0 Å². The summed E-state index contributed by atoms with van der Waals surface area (Å²) in [6.07, 6.45) is 0.682. The molecule has 6 heteroatoms. The minimum atomic E-state index is -1.22. The van der Waals surface area contributed by atoms with Gasteiger partial charge in [-0.15, -0.1) is 4.91 Å². The first-order chi connectivity index (χ1) is 7.99. The average molecular weight is 244 g/mol. The van der Waals surface area contributed by atoms with Crippen LogP contribution in [0.2, 0.25) is 0 Å². The van der Waals surface area contributed by atoms with E-state index in [2.05, 4.69) is 5.18 Å². The van der Waals surface area contributed by atoms with Crippen molar-refractivity contribution < 1.29 is 14.3 Å². The quantitative estimate of drug-likeness (QED) is 0.536. The number of nitroso groups, excluding NO2 is 1. The monoisotopic (exact) mass is 244 g/mol. The lowest BCUT2D eigenvalue weighted by atomic mass is 10.1. The topological polar surface area (TPSA) is 68.2 Å². The maximum absolute atomic E-state index is 11.7. The van der Waals surface area contributed by atoms with Crippen molar-refractivity contribution >= 4 is 5.97 Å². The second kappa shape index (κ2) is 6.07. The first kappa shape index (κ1) is 14.1. The lowest BCUT2D eigenvalue weighted by Crippen LogP contribution is -2.42. The Morgan fingerprint density at radius 2 is 2.06 bits per heavy atom. The normalized spacial score (nSPS) is 19.4. The van der Waals surface area contributed by atoms with Crippen LogP contribution in [0.3, 0.4) is 0 Å². The van der Waals surface area contributed by atoms with E-state index < -0.39 is 11.7 Å². The van der Waals surface area contributed by atoms with Crippen molar-refractivity contribution in [1.29, 1.82) is 0 Å². The number of carbonyl (C=O) groups is 1. The molecule has 98 valence electrons. The molecule has 0 spiro atoms. The fourth-order valence-electron chi connectivity index (χ4n) is 1.53. The summed E-state index contributed by atoms with van der Waals surface area (Å²) < 4.78 is 10.3. The van der Waals surface area contributed by atoms with Crippen molar-refractivity contribution in [1.82, 2.24) is 4.90 Å². The number of hydrogen-bond donors (Lipinski definition) is 0. The Morgan fingerprint density at radius 1 is 1.47 bits per heavy atom. The Hall–Kier alpha value is -1.01. The van der Waals surface area contributed by atoms with Gasteiger partial charge in [-0.05, 0) is 26.1 Å². The van der Waals surface area contributed by atoms with Crippen LogP contribution in [0, 0.1) is 4.91 Å². The zero-order valence-corrected chi connectivity index (χ0v) is 10.6. The van der Waals surface area contributed by atoms with E-state index in [1.54, 1.807) is 0 Å². The van der Waals surface area contributed by atoms with Gasteiger partial charge in [-0.2, -0.15) is 0 Å². The predicted octanol–water partition coefficient (Wildman–Crippen LogP) is 1.14. The first-order valence-corrected chi connectivity index (χ1v) is 5.83. The molecule has 1 aliphatic rings. The molecule has 0 aromatic heterocycles. The number of hydrogen-bond acceptors (Lipinski definition) is 6. The van der Waals surface area contributed by atoms with E-state index in [4.69, 9.17) is 9.47 Å². The highest BCUT2D eigenvalue weighted by molar-refractivity contribution is 5.72. The van der Waals surface area contributed by atoms with E-state index in [0.29, 0.717) is 26.1 Å². The van der Waals surface area contributed by atoms with E-state index in [-0.39, 0.29) is 12.6 Å². The Labute approximate surface area is 101 Å². The van der Waals surface area contributed by atoms with Gasteiger partial charge in [-0.1, -0.05) is 0 Å². The number of likely N-dealkylation sites (N-methyl/N-ethyl adjacent to an activating group) is 1. The van der Waals surface area contributed by atoms with E-state index >= 15 is 0 Å². The molecule has 1 heterocycles. The zero-order chi connectivity index (χ0) is 12.9. The van der Waals surface area contributed by atoms with Crippen LogP contribution in [0.15, 0.2) is 5.18 Å². The molecule has 1 fully saturated rings. The van der Waals surface area contributed by atoms with Crippen LogP contribution < -0.4 is 0 Å². The highest BCUT2D eigenvalue weighted by atomic mass is 16.6. The molecule has 0 radical (unpaired) electrons. The molecule has 0 unspecified atom stereocenters. The van der Waals surface area contributed by atoms with Crippen molar-refractivity contribution in [3.8, 4) is 0 Å². The molecule has 0 aliphatic carbocycles. The van der Waals surface area contributed by atoms with Crippen LogP contribution in [0.25, 0.3) is 0 Å². The molecule has 0 bridgehead atoms. The SMILES string of the molecule is CC(C)N(C)CC(=O)OC1(N=O)CCOCC1. The molecule has 0 atom stereocenters. The third-order valence-electron chi connectivity index (χ3n) is 3.00. The molecule has 0 saturated carbocycles. The van der Waals surface area contributed by atoms with Crippen LogP contribution in [-0.2, 0) is 14.3 Å². The maximum Gasteiger partial charge on any atom is 0.322 e. The highest BCUT2D eigenvalue weighted by Crippen LogP contribution is 2.26. The van der Waals surface area contributed by atoms with Crippen molar-refractivity contribution in [2.24, 2.45) is 5.18 Å². The maximum atomic E-state index is 11.7. The van der Waals surface area contributed by atoms with Crippen LogP contribution >= 0.6 is 0 Å². The molecular formula is C11H20N2O4. The Kier molecular flexibility index (Phi) is 5.02. The molecular weight excluding hydrogens is 224 g/mol. The number of carbonyl (C=O) groups excluding carboxylic acids is 1. The summed E-state index contributed by atoms with van der Waals surface area (Å²) in [6.45, 7) is 4.93. The van der Waals surface area contributed by atoms with Crippen molar-refractivity contribution in [3.63, 3.8) is 0 Å². The molecule has 17 heavy (non-hydrogen) atoms. The van der Waals surface area contributed by atoms with Gasteiger partial charge >= 0.3 is 5.97 Å². The minimum absolute atomic E-state index is 0.162. The van der Waals surface area contributed by atoms with Gasteiger partial charge in [0.2, 0.25) is 5.72 Å². The second-order valence-electron chi connectivity index (χ2n) is 4.63. The molecule has 0 amide bonds. The smallest absolute Gasteiger partial charge is 0.322 e. The zero-order valence-electron chi connectivity index (χ0n) is 10.6. The first-order valence-electron chi connectivity index (χ1n) is 5.83. The summed E-state index contributed by atoms with van der Waals surface area (Å²) in [5.41, 5.74) is -1.22. The Morgan fingerprint density at radius 3 is 2.53 bits per heavy atom. The van der Waals surface area contributed by atoms with Gasteiger partial charge in [0.25, 0.3) is 0 Å². The van der Waals surface area contributed by atoms with E-state index in [0.717, 1.165) is 0 Å². The molecule has 6 nitrogen and oxygen atoms in total. The summed E-state index contributed by atoms with van der Waals surface area (Å²) in [6, 6.07) is 0.248. The fraction of sp³-hybridized carbons (Fsp3) is 0.909. The number of nitrogens with zero attached hydrogens (tertiary/aromatic N) is 2. The Balaban J connectivity index is 2.50. The van der Waals surface area contributed by atoms with Crippen LogP contribution in [0.1, 0.15) is 26.7 Å². The van der Waals surface area contributed by atoms with Gasteiger partial charge in [-0.3, -0.25) is 9.69 Å². The largest absolute Gasteiger partial charge is 0.432 e. The third-order valence-corrected chi connectivity index (χ3v) is 3.00. The number of ether oxygens (including phenoxy) is 2. The van der Waals surface area contributed by atoms with Crippen LogP contribution in [0.5, 0.6) is 0 Å². The number of rotatable bonds is 5. The van der Waals surface area contributed by atoms with Gasteiger partial charge < -0.3 is 9.47 Å². The number of esters is 1. The van der Waals surface area contributed by atoms with Crippen molar-refractivity contribution in [3.05, 3.63) is 4.91 Å². The summed E-state index contributed by atoms with van der Waals surface area (Å²) in [5, 5.41) is 2.98. The molecule has 0 aromatic carbocycles. The van der Waals surface area contributed by atoms with Crippen LogP contribution in [-0.4, -0.2) is 49.4 Å². The average Bonchev–Trinajstić information content (AvgIpc) is 2.29. The highest BCUT2D eigenvalue weighted by Gasteiger charge is 2.38. The van der Waals surface area contributed by atoms with Gasteiger partial charge in [0, 0.05) is 18.9 Å². The second-order valence-corrected chi connectivity index (χ2v) is 4.63. The van der Waals surface area contributed by atoms with Gasteiger partial charge in [0.1, 0.15) is 0 Å². The molecule has 1 saturated heterocycles. The Bertz CT molecular complexity index is 275. The third kappa shape index (κ3) is 4.05. The predicted molar refractivity (Wildman–Crippen MR) is 62.4 cm³/mol. The minimum Gasteiger partial charge on any atom is -0.432 e. The summed E-state index contributed by atoms with van der Waals surface area (Å²) >= 11 is 0. The summed E-state index contributed by atoms with van der Waals surface area (Å²) in [4.78, 5) is 24.4. The summed E-state index contributed by atoms with van der Waals surface area (Å²) in [7, 11) is 1.83. The standard InChI is InChI=1S/C11H20N2O4/c1-9(2)13(3)8-10(14)17-11(12-15)4-6-16-7-5-11/h9H,4-8H2,1-3H3. The van der Waals surface area contributed by atoms with Crippen molar-refractivity contribution in [2.45, 2.75) is 38.5 Å². The molecule has 1 rings (SSSR count).